The lowest BCUT2D eigenvalue weighted by Gasteiger charge is -2.26. The minimum atomic E-state index is 0.112. The molecule has 1 aromatic rings. The Bertz CT molecular complexity index is 368. The van der Waals surface area contributed by atoms with E-state index in [-0.39, 0.29) is 23.4 Å². The van der Waals surface area contributed by atoms with Gasteiger partial charge in [0.25, 0.3) is 0 Å². The van der Waals surface area contributed by atoms with E-state index >= 15 is 0 Å². The summed E-state index contributed by atoms with van der Waals surface area (Å²) in [6.45, 7) is 2.78. The summed E-state index contributed by atoms with van der Waals surface area (Å²) in [5.74, 6) is 0.619. The van der Waals surface area contributed by atoms with E-state index in [4.69, 9.17) is 22.1 Å². The summed E-state index contributed by atoms with van der Waals surface area (Å²) in [5.41, 5.74) is 5.53. The number of nitrogen functional groups attached to an aromatic ring is 1. The van der Waals surface area contributed by atoms with Gasteiger partial charge in [0.05, 0.1) is 12.1 Å². The average Bonchev–Trinajstić information content (AvgIpc) is 2.62. The zero-order valence-corrected chi connectivity index (χ0v) is 9.98. The molecule has 2 atom stereocenters. The van der Waals surface area contributed by atoms with E-state index in [0.717, 1.165) is 13.0 Å². The standard InChI is InChI=1S/C9H14ClN5O/c1-5-6(3-4-16-5)15(2)9-13-7(10)12-8(11)14-9/h5-6H,3-4H2,1-2H3,(H2,11,12,13,14). The summed E-state index contributed by atoms with van der Waals surface area (Å²) >= 11 is 5.74. The summed E-state index contributed by atoms with van der Waals surface area (Å²) in [4.78, 5) is 13.8. The van der Waals surface area contributed by atoms with Gasteiger partial charge in [-0.25, -0.2) is 0 Å². The molecule has 1 aliphatic rings. The Morgan fingerprint density at radius 3 is 2.75 bits per heavy atom. The van der Waals surface area contributed by atoms with Crippen LogP contribution in [0.15, 0.2) is 0 Å². The van der Waals surface area contributed by atoms with Crippen LogP contribution in [0.4, 0.5) is 11.9 Å². The van der Waals surface area contributed by atoms with Crippen molar-refractivity contribution in [2.75, 3.05) is 24.3 Å². The highest BCUT2D eigenvalue weighted by Gasteiger charge is 2.29. The molecule has 16 heavy (non-hydrogen) atoms. The zero-order valence-electron chi connectivity index (χ0n) is 9.22. The zero-order chi connectivity index (χ0) is 11.7. The number of nitrogens with zero attached hydrogens (tertiary/aromatic N) is 4. The third-order valence-electron chi connectivity index (χ3n) is 2.76. The summed E-state index contributed by atoms with van der Waals surface area (Å²) in [6.07, 6.45) is 1.10. The van der Waals surface area contributed by atoms with Crippen LogP contribution in [-0.2, 0) is 4.74 Å². The predicted molar refractivity (Wildman–Crippen MR) is 61.5 cm³/mol. The van der Waals surface area contributed by atoms with Crippen molar-refractivity contribution in [1.29, 1.82) is 0 Å². The van der Waals surface area contributed by atoms with E-state index < -0.39 is 0 Å². The van der Waals surface area contributed by atoms with Gasteiger partial charge in [0.2, 0.25) is 17.2 Å². The molecule has 7 heteroatoms. The number of halogens is 1. The van der Waals surface area contributed by atoms with Crippen molar-refractivity contribution in [2.24, 2.45) is 0 Å². The molecule has 0 amide bonds. The first-order chi connectivity index (χ1) is 7.58. The molecule has 2 unspecified atom stereocenters. The van der Waals surface area contributed by atoms with Crippen molar-refractivity contribution in [3.63, 3.8) is 0 Å². The van der Waals surface area contributed by atoms with Crippen molar-refractivity contribution in [3.05, 3.63) is 5.28 Å². The maximum Gasteiger partial charge on any atom is 0.231 e. The van der Waals surface area contributed by atoms with Crippen molar-refractivity contribution in [3.8, 4) is 0 Å². The van der Waals surface area contributed by atoms with Crippen LogP contribution in [0.3, 0.4) is 0 Å². The lowest BCUT2D eigenvalue weighted by atomic mass is 10.1. The number of ether oxygens (including phenoxy) is 1. The number of hydrogen-bond acceptors (Lipinski definition) is 6. The Morgan fingerprint density at radius 1 is 1.44 bits per heavy atom. The molecular formula is C9H14ClN5O. The molecule has 2 N–H and O–H groups in total. The molecule has 0 spiro atoms. The molecule has 0 bridgehead atoms. The molecule has 88 valence electrons. The van der Waals surface area contributed by atoms with Gasteiger partial charge in [0.15, 0.2) is 0 Å². The van der Waals surface area contributed by atoms with Crippen LogP contribution in [0.2, 0.25) is 5.28 Å². The normalized spacial score (nSPS) is 24.7. The number of rotatable bonds is 2. The first kappa shape index (κ1) is 11.3. The highest BCUT2D eigenvalue weighted by Crippen LogP contribution is 2.22. The largest absolute Gasteiger partial charge is 0.376 e. The lowest BCUT2D eigenvalue weighted by Crippen LogP contribution is -2.38. The van der Waals surface area contributed by atoms with Gasteiger partial charge < -0.3 is 15.4 Å². The SMILES string of the molecule is CC1OCCC1N(C)c1nc(N)nc(Cl)n1. The van der Waals surface area contributed by atoms with Crippen LogP contribution in [0, 0.1) is 0 Å². The van der Waals surface area contributed by atoms with Gasteiger partial charge in [0.1, 0.15) is 0 Å². The number of likely N-dealkylation sites (N-methyl/N-ethyl adjacent to an activating group) is 1. The Labute approximate surface area is 98.8 Å². The minimum absolute atomic E-state index is 0.112. The van der Waals surface area contributed by atoms with Gasteiger partial charge in [-0.3, -0.25) is 0 Å². The molecule has 1 aliphatic heterocycles. The first-order valence-electron chi connectivity index (χ1n) is 5.09. The molecule has 0 radical (unpaired) electrons. The molecule has 1 fully saturated rings. The fraction of sp³-hybridized carbons (Fsp3) is 0.667. The maximum atomic E-state index is 5.74. The Kier molecular flexibility index (Phi) is 3.11. The topological polar surface area (TPSA) is 77.2 Å². The van der Waals surface area contributed by atoms with E-state index in [1.165, 1.54) is 0 Å². The number of nitrogens with two attached hydrogens (primary N) is 1. The second kappa shape index (κ2) is 4.39. The average molecular weight is 244 g/mol. The molecule has 1 aromatic heterocycles. The second-order valence-corrected chi connectivity index (χ2v) is 4.14. The van der Waals surface area contributed by atoms with Crippen molar-refractivity contribution < 1.29 is 4.74 Å². The molecule has 2 rings (SSSR count). The second-order valence-electron chi connectivity index (χ2n) is 3.81. The van der Waals surface area contributed by atoms with E-state index in [2.05, 4.69) is 15.0 Å². The van der Waals surface area contributed by atoms with Gasteiger partial charge in [-0.15, -0.1) is 0 Å². The molecular weight excluding hydrogens is 230 g/mol. The number of hydrogen-bond donors (Lipinski definition) is 1. The van der Waals surface area contributed by atoms with Gasteiger partial charge >= 0.3 is 0 Å². The van der Waals surface area contributed by atoms with Crippen LogP contribution in [0.5, 0.6) is 0 Å². The van der Waals surface area contributed by atoms with E-state index in [1.54, 1.807) is 0 Å². The lowest BCUT2D eigenvalue weighted by molar-refractivity contribution is 0.118. The molecule has 0 aromatic carbocycles. The maximum absolute atomic E-state index is 5.74. The summed E-state index contributed by atoms with van der Waals surface area (Å²) < 4.78 is 5.49. The van der Waals surface area contributed by atoms with Gasteiger partial charge in [-0.1, -0.05) is 0 Å². The van der Waals surface area contributed by atoms with Crippen LogP contribution in [-0.4, -0.2) is 40.8 Å². The first-order valence-corrected chi connectivity index (χ1v) is 5.47. The Balaban J connectivity index is 2.22. The fourth-order valence-corrected chi connectivity index (χ4v) is 2.05. The minimum Gasteiger partial charge on any atom is -0.376 e. The molecule has 1 saturated heterocycles. The molecule has 6 nitrogen and oxygen atoms in total. The third-order valence-corrected chi connectivity index (χ3v) is 2.93. The monoisotopic (exact) mass is 243 g/mol. The molecule has 2 heterocycles. The van der Waals surface area contributed by atoms with Crippen LogP contribution in [0.1, 0.15) is 13.3 Å². The van der Waals surface area contributed by atoms with Gasteiger partial charge in [-0.05, 0) is 24.9 Å². The van der Waals surface area contributed by atoms with Gasteiger partial charge in [0, 0.05) is 13.7 Å². The highest BCUT2D eigenvalue weighted by molar-refractivity contribution is 6.28. The fourth-order valence-electron chi connectivity index (χ4n) is 1.89. The third kappa shape index (κ3) is 2.17. The van der Waals surface area contributed by atoms with Crippen molar-refractivity contribution in [2.45, 2.75) is 25.5 Å². The van der Waals surface area contributed by atoms with E-state index in [0.29, 0.717) is 5.95 Å². The van der Waals surface area contributed by atoms with Crippen molar-refractivity contribution in [1.82, 2.24) is 15.0 Å². The summed E-state index contributed by atoms with van der Waals surface area (Å²) in [5, 5.41) is 0.112. The Morgan fingerprint density at radius 2 is 2.19 bits per heavy atom. The summed E-state index contributed by atoms with van der Waals surface area (Å²) in [7, 11) is 1.90. The number of aromatic nitrogens is 3. The van der Waals surface area contributed by atoms with Gasteiger partial charge in [-0.2, -0.15) is 15.0 Å². The van der Waals surface area contributed by atoms with Crippen LogP contribution >= 0.6 is 11.6 Å². The Hall–Kier alpha value is -1.14. The predicted octanol–water partition coefficient (Wildman–Crippen LogP) is 0.721. The van der Waals surface area contributed by atoms with E-state index in [1.807, 2.05) is 18.9 Å². The molecule has 0 saturated carbocycles. The highest BCUT2D eigenvalue weighted by atomic mass is 35.5. The quantitative estimate of drug-likeness (QED) is 0.825. The number of anilines is 2. The van der Waals surface area contributed by atoms with E-state index in [9.17, 15) is 0 Å². The smallest absolute Gasteiger partial charge is 0.231 e. The summed E-state index contributed by atoms with van der Waals surface area (Å²) in [6, 6.07) is 0.248. The molecule has 0 aliphatic carbocycles. The van der Waals surface area contributed by atoms with Crippen LogP contribution < -0.4 is 10.6 Å². The van der Waals surface area contributed by atoms with Crippen LogP contribution in [0.25, 0.3) is 0 Å². The van der Waals surface area contributed by atoms with Crippen molar-refractivity contribution >= 4 is 23.5 Å².